The maximum absolute atomic E-state index is 11.1. The molecule has 2 rings (SSSR count). The van der Waals surface area contributed by atoms with Crippen LogP contribution in [0.25, 0.3) is 0 Å². The van der Waals surface area contributed by atoms with Gasteiger partial charge in [0.2, 0.25) is 0 Å². The largest absolute Gasteiger partial charge is 0.481 e. The van der Waals surface area contributed by atoms with Gasteiger partial charge in [0.1, 0.15) is 0 Å². The predicted molar refractivity (Wildman–Crippen MR) is 73.3 cm³/mol. The van der Waals surface area contributed by atoms with E-state index in [0.717, 1.165) is 13.1 Å². The number of carbonyl (C=O) groups is 1. The lowest BCUT2D eigenvalue weighted by molar-refractivity contribution is -0.139. The lowest BCUT2D eigenvalue weighted by Gasteiger charge is -2.37. The highest BCUT2D eigenvalue weighted by Crippen LogP contribution is 2.26. The Labute approximate surface area is 114 Å². The van der Waals surface area contributed by atoms with E-state index in [9.17, 15) is 4.79 Å². The average Bonchev–Trinajstić information content (AvgIpc) is 2.46. The van der Waals surface area contributed by atoms with Crippen molar-refractivity contribution in [2.75, 3.05) is 26.3 Å². The van der Waals surface area contributed by atoms with Crippen molar-refractivity contribution in [1.82, 2.24) is 4.90 Å². The van der Waals surface area contributed by atoms with Gasteiger partial charge in [0.15, 0.2) is 0 Å². The Hall–Kier alpha value is -1.39. The minimum Gasteiger partial charge on any atom is -0.481 e. The van der Waals surface area contributed by atoms with Gasteiger partial charge in [0.25, 0.3) is 0 Å². The molecule has 1 aromatic carbocycles. The van der Waals surface area contributed by atoms with E-state index in [1.54, 1.807) is 0 Å². The lowest BCUT2D eigenvalue weighted by Crippen LogP contribution is -2.46. The van der Waals surface area contributed by atoms with Crippen LogP contribution in [0.15, 0.2) is 30.3 Å². The van der Waals surface area contributed by atoms with Crippen LogP contribution in [-0.4, -0.2) is 48.3 Å². The summed E-state index contributed by atoms with van der Waals surface area (Å²) in [4.78, 5) is 13.4. The molecule has 1 heterocycles. The number of nitrogens with zero attached hydrogens (tertiary/aromatic N) is 1. The zero-order valence-corrected chi connectivity index (χ0v) is 11.3. The quantitative estimate of drug-likeness (QED) is 0.882. The Morgan fingerprint density at radius 3 is 2.53 bits per heavy atom. The van der Waals surface area contributed by atoms with Crippen molar-refractivity contribution >= 4 is 5.97 Å². The fourth-order valence-electron chi connectivity index (χ4n) is 2.69. The molecule has 0 amide bonds. The van der Waals surface area contributed by atoms with Gasteiger partial charge in [-0.25, -0.2) is 0 Å². The molecule has 1 aliphatic rings. The van der Waals surface area contributed by atoms with Gasteiger partial charge in [-0.05, 0) is 11.5 Å². The molecule has 0 bridgehead atoms. The molecule has 0 aromatic heterocycles. The van der Waals surface area contributed by atoms with Crippen LogP contribution in [0.4, 0.5) is 0 Å². The van der Waals surface area contributed by atoms with Crippen LogP contribution in [0.1, 0.15) is 24.8 Å². The van der Waals surface area contributed by atoms with E-state index < -0.39 is 5.97 Å². The zero-order chi connectivity index (χ0) is 13.7. The molecule has 0 aliphatic carbocycles. The van der Waals surface area contributed by atoms with Crippen molar-refractivity contribution in [3.63, 3.8) is 0 Å². The Morgan fingerprint density at radius 1 is 1.32 bits per heavy atom. The van der Waals surface area contributed by atoms with Crippen LogP contribution >= 0.6 is 0 Å². The summed E-state index contributed by atoms with van der Waals surface area (Å²) in [6, 6.07) is 10.2. The molecular formula is C15H21NO3. The highest BCUT2D eigenvalue weighted by atomic mass is 16.5. The molecule has 1 aliphatic heterocycles. The van der Waals surface area contributed by atoms with Gasteiger partial charge >= 0.3 is 5.97 Å². The molecule has 0 spiro atoms. The van der Waals surface area contributed by atoms with Gasteiger partial charge in [-0.15, -0.1) is 0 Å². The smallest absolute Gasteiger partial charge is 0.304 e. The number of aliphatic carboxylic acids is 1. The van der Waals surface area contributed by atoms with Crippen LogP contribution in [0, 0.1) is 0 Å². The monoisotopic (exact) mass is 263 g/mol. The summed E-state index contributed by atoms with van der Waals surface area (Å²) in [6.45, 7) is 5.12. The normalized spacial score (nSPS) is 19.8. The van der Waals surface area contributed by atoms with Crippen LogP contribution in [0.5, 0.6) is 0 Å². The molecule has 1 saturated heterocycles. The summed E-state index contributed by atoms with van der Waals surface area (Å²) in [5.41, 5.74) is 1.19. The Bertz CT molecular complexity index is 401. The molecule has 2 atom stereocenters. The van der Waals surface area contributed by atoms with Gasteiger partial charge in [0.05, 0.1) is 19.6 Å². The number of carboxylic acids is 1. The topological polar surface area (TPSA) is 49.8 Å². The molecule has 19 heavy (non-hydrogen) atoms. The third-order valence-electron chi connectivity index (χ3n) is 3.80. The number of morpholine rings is 1. The number of ether oxygens (including phenoxy) is 1. The minimum absolute atomic E-state index is 0.0313. The van der Waals surface area contributed by atoms with Gasteiger partial charge < -0.3 is 9.84 Å². The highest BCUT2D eigenvalue weighted by Gasteiger charge is 2.28. The molecule has 4 heteroatoms. The molecule has 0 radical (unpaired) electrons. The van der Waals surface area contributed by atoms with E-state index in [2.05, 4.69) is 24.0 Å². The summed E-state index contributed by atoms with van der Waals surface area (Å²) < 4.78 is 5.35. The van der Waals surface area contributed by atoms with Gasteiger partial charge in [-0.2, -0.15) is 0 Å². The van der Waals surface area contributed by atoms with E-state index in [1.807, 2.05) is 18.2 Å². The van der Waals surface area contributed by atoms with Crippen LogP contribution < -0.4 is 0 Å². The molecular weight excluding hydrogens is 242 g/mol. The maximum atomic E-state index is 11.1. The molecule has 1 aromatic rings. The van der Waals surface area contributed by atoms with Crippen LogP contribution in [0.2, 0.25) is 0 Å². The van der Waals surface area contributed by atoms with Gasteiger partial charge in [-0.1, -0.05) is 37.3 Å². The first-order chi connectivity index (χ1) is 9.18. The third-order valence-corrected chi connectivity index (χ3v) is 3.80. The van der Waals surface area contributed by atoms with E-state index in [1.165, 1.54) is 5.56 Å². The zero-order valence-electron chi connectivity index (χ0n) is 11.3. The molecule has 1 N–H and O–H groups in total. The summed E-state index contributed by atoms with van der Waals surface area (Å²) >= 11 is 0. The molecule has 104 valence electrons. The third kappa shape index (κ3) is 3.78. The van der Waals surface area contributed by atoms with Crippen LogP contribution in [-0.2, 0) is 9.53 Å². The second kappa shape index (κ2) is 6.68. The standard InChI is InChI=1S/C15H21NO3/c1-12(13-5-3-2-4-6-13)14(11-15(17)18)16-7-9-19-10-8-16/h2-6,12,14H,7-11H2,1H3,(H,17,18). The van der Waals surface area contributed by atoms with Gasteiger partial charge in [-0.3, -0.25) is 9.69 Å². The number of carboxylic acid groups (broad SMARTS) is 1. The first-order valence-electron chi connectivity index (χ1n) is 6.77. The SMILES string of the molecule is CC(c1ccccc1)C(CC(=O)O)N1CCOCC1. The maximum Gasteiger partial charge on any atom is 0.304 e. The van der Waals surface area contributed by atoms with Gasteiger partial charge in [0, 0.05) is 19.1 Å². The first-order valence-corrected chi connectivity index (χ1v) is 6.77. The van der Waals surface area contributed by atoms with Crippen molar-refractivity contribution in [3.8, 4) is 0 Å². The Kier molecular flexibility index (Phi) is 4.93. The van der Waals surface area contributed by atoms with Crippen molar-refractivity contribution < 1.29 is 14.6 Å². The number of hydrogen-bond acceptors (Lipinski definition) is 3. The molecule has 0 saturated carbocycles. The average molecular weight is 263 g/mol. The van der Waals surface area contributed by atoms with Crippen molar-refractivity contribution in [2.45, 2.75) is 25.3 Å². The first kappa shape index (κ1) is 14.0. The number of rotatable bonds is 5. The van der Waals surface area contributed by atoms with E-state index >= 15 is 0 Å². The van der Waals surface area contributed by atoms with Crippen molar-refractivity contribution in [1.29, 1.82) is 0 Å². The van der Waals surface area contributed by atoms with Crippen molar-refractivity contribution in [3.05, 3.63) is 35.9 Å². The summed E-state index contributed by atoms with van der Waals surface area (Å²) in [7, 11) is 0. The number of benzene rings is 1. The number of hydrogen-bond donors (Lipinski definition) is 1. The van der Waals surface area contributed by atoms with Crippen molar-refractivity contribution in [2.24, 2.45) is 0 Å². The molecule has 2 unspecified atom stereocenters. The second-order valence-electron chi connectivity index (χ2n) is 5.01. The van der Waals surface area contributed by atoms with E-state index in [-0.39, 0.29) is 18.4 Å². The minimum atomic E-state index is -0.737. The predicted octanol–water partition coefficient (Wildman–Crippen LogP) is 1.97. The fourth-order valence-corrected chi connectivity index (χ4v) is 2.69. The van der Waals surface area contributed by atoms with E-state index in [4.69, 9.17) is 9.84 Å². The second-order valence-corrected chi connectivity index (χ2v) is 5.01. The summed E-state index contributed by atoms with van der Waals surface area (Å²) in [5.74, 6) is -0.533. The lowest BCUT2D eigenvalue weighted by atomic mass is 9.90. The van der Waals surface area contributed by atoms with E-state index in [0.29, 0.717) is 13.2 Å². The van der Waals surface area contributed by atoms with Crippen LogP contribution in [0.3, 0.4) is 0 Å². The molecule has 4 nitrogen and oxygen atoms in total. The molecule has 1 fully saturated rings. The highest BCUT2D eigenvalue weighted by molar-refractivity contribution is 5.67. The Balaban J connectivity index is 2.14. The summed E-state index contributed by atoms with van der Waals surface area (Å²) in [6.07, 6.45) is 0.177. The Morgan fingerprint density at radius 2 is 1.95 bits per heavy atom. The fraction of sp³-hybridized carbons (Fsp3) is 0.533. The summed E-state index contributed by atoms with van der Waals surface area (Å²) in [5, 5.41) is 9.15.